The molecule has 0 aliphatic carbocycles. The van der Waals surface area contributed by atoms with Crippen LogP contribution in [-0.4, -0.2) is 45.1 Å². The number of benzene rings is 2. The SMILES string of the molecule is COC(=O)C(F)Oc1ccc(SCCNS(=O)(=O)c2ccc([N+](=O)[O-])cc2)cc1. The van der Waals surface area contributed by atoms with Gasteiger partial charge >= 0.3 is 12.3 Å². The molecule has 0 bridgehead atoms. The maximum Gasteiger partial charge on any atom is 0.380 e. The molecule has 29 heavy (non-hydrogen) atoms. The van der Waals surface area contributed by atoms with Gasteiger partial charge in [0.1, 0.15) is 5.75 Å². The van der Waals surface area contributed by atoms with Crippen molar-refractivity contribution in [3.63, 3.8) is 0 Å². The van der Waals surface area contributed by atoms with Crippen molar-refractivity contribution in [3.05, 3.63) is 58.6 Å². The van der Waals surface area contributed by atoms with Crippen LogP contribution in [-0.2, 0) is 19.6 Å². The number of ether oxygens (including phenoxy) is 2. The zero-order chi connectivity index (χ0) is 21.4. The number of nitro benzene ring substituents is 1. The molecule has 156 valence electrons. The second-order valence-electron chi connectivity index (χ2n) is 5.43. The van der Waals surface area contributed by atoms with E-state index in [9.17, 15) is 27.7 Å². The average Bonchev–Trinajstić information content (AvgIpc) is 2.71. The van der Waals surface area contributed by atoms with Crippen LogP contribution in [0.3, 0.4) is 0 Å². The van der Waals surface area contributed by atoms with Gasteiger partial charge in [-0.1, -0.05) is 0 Å². The lowest BCUT2D eigenvalue weighted by Crippen LogP contribution is -2.26. The molecule has 0 aromatic heterocycles. The molecule has 2 rings (SSSR count). The maximum absolute atomic E-state index is 13.3. The monoisotopic (exact) mass is 444 g/mol. The van der Waals surface area contributed by atoms with Crippen LogP contribution in [0.2, 0.25) is 0 Å². The molecular weight excluding hydrogens is 427 g/mol. The first-order chi connectivity index (χ1) is 13.7. The summed E-state index contributed by atoms with van der Waals surface area (Å²) in [5.74, 6) is -0.588. The van der Waals surface area contributed by atoms with Gasteiger partial charge in [0, 0.05) is 29.3 Å². The van der Waals surface area contributed by atoms with Crippen LogP contribution >= 0.6 is 11.8 Å². The molecule has 0 aliphatic heterocycles. The molecule has 12 heteroatoms. The normalized spacial score (nSPS) is 12.2. The summed E-state index contributed by atoms with van der Waals surface area (Å²) in [5, 5.41) is 10.6. The molecule has 0 radical (unpaired) electrons. The van der Waals surface area contributed by atoms with Crippen LogP contribution in [0.15, 0.2) is 58.3 Å². The molecule has 0 heterocycles. The van der Waals surface area contributed by atoms with Crippen molar-refractivity contribution in [2.75, 3.05) is 19.4 Å². The number of alkyl halides is 1. The summed E-state index contributed by atoms with van der Waals surface area (Å²) < 4.78 is 49.1. The van der Waals surface area contributed by atoms with E-state index in [-0.39, 0.29) is 22.9 Å². The van der Waals surface area contributed by atoms with Crippen LogP contribution in [0.1, 0.15) is 0 Å². The number of sulfonamides is 1. The van der Waals surface area contributed by atoms with Crippen LogP contribution < -0.4 is 9.46 Å². The lowest BCUT2D eigenvalue weighted by molar-refractivity contribution is -0.384. The number of halogens is 1. The fourth-order valence-electron chi connectivity index (χ4n) is 2.05. The van der Waals surface area contributed by atoms with Gasteiger partial charge < -0.3 is 9.47 Å². The summed E-state index contributed by atoms with van der Waals surface area (Å²) in [4.78, 5) is 21.7. The van der Waals surface area contributed by atoms with E-state index in [2.05, 4.69) is 9.46 Å². The number of carbonyl (C=O) groups excluding carboxylic acids is 1. The van der Waals surface area contributed by atoms with Crippen molar-refractivity contribution in [3.8, 4) is 5.75 Å². The van der Waals surface area contributed by atoms with Crippen LogP contribution in [0, 0.1) is 10.1 Å². The van der Waals surface area contributed by atoms with Gasteiger partial charge in [0.2, 0.25) is 10.0 Å². The standard InChI is InChI=1S/C17H17FN2O7S2/c1-26-17(21)16(18)27-13-4-6-14(7-5-13)28-11-10-19-29(24,25)15-8-2-12(3-9-15)20(22)23/h2-9,16,19H,10-11H2,1H3. The summed E-state index contributed by atoms with van der Waals surface area (Å²) in [7, 11) is -2.73. The number of carbonyl (C=O) groups is 1. The summed E-state index contributed by atoms with van der Waals surface area (Å²) in [5.41, 5.74) is -0.197. The van der Waals surface area contributed by atoms with Gasteiger partial charge in [0.25, 0.3) is 5.69 Å². The Bertz CT molecular complexity index is 951. The molecule has 0 spiro atoms. The molecule has 0 saturated heterocycles. The van der Waals surface area contributed by atoms with Gasteiger partial charge in [-0.2, -0.15) is 4.39 Å². The minimum Gasteiger partial charge on any atom is -0.464 e. The third-order valence-electron chi connectivity index (χ3n) is 3.47. The van der Waals surface area contributed by atoms with Crippen molar-refractivity contribution < 1.29 is 32.0 Å². The van der Waals surface area contributed by atoms with Crippen LogP contribution in [0.4, 0.5) is 10.1 Å². The molecule has 1 atom stereocenters. The minimum atomic E-state index is -3.78. The number of hydrogen-bond acceptors (Lipinski definition) is 8. The first-order valence-electron chi connectivity index (χ1n) is 8.08. The molecule has 2 aromatic carbocycles. The van der Waals surface area contributed by atoms with Crippen LogP contribution in [0.25, 0.3) is 0 Å². The number of hydrogen-bond donors (Lipinski definition) is 1. The Morgan fingerprint density at radius 1 is 1.21 bits per heavy atom. The highest BCUT2D eigenvalue weighted by atomic mass is 32.2. The highest BCUT2D eigenvalue weighted by Crippen LogP contribution is 2.22. The molecule has 0 aliphatic rings. The molecule has 1 unspecified atom stereocenters. The molecular formula is C17H17FN2O7S2. The van der Waals surface area contributed by atoms with E-state index in [1.807, 2.05) is 0 Å². The predicted octanol–water partition coefficient (Wildman–Crippen LogP) is 2.51. The van der Waals surface area contributed by atoms with E-state index in [0.29, 0.717) is 5.75 Å². The Balaban J connectivity index is 1.82. The molecule has 9 nitrogen and oxygen atoms in total. The summed E-state index contributed by atoms with van der Waals surface area (Å²) in [6.07, 6.45) is -2.22. The number of methoxy groups -OCH3 is 1. The zero-order valence-corrected chi connectivity index (χ0v) is 16.7. The predicted molar refractivity (Wildman–Crippen MR) is 103 cm³/mol. The third kappa shape index (κ3) is 6.69. The third-order valence-corrected chi connectivity index (χ3v) is 5.96. The Hall–Kier alpha value is -2.70. The largest absolute Gasteiger partial charge is 0.464 e. The van der Waals surface area contributed by atoms with Gasteiger partial charge in [-0.05, 0) is 36.4 Å². The topological polar surface area (TPSA) is 125 Å². The number of esters is 1. The second kappa shape index (κ2) is 10.2. The number of nitrogens with one attached hydrogen (secondary N) is 1. The van der Waals surface area contributed by atoms with E-state index < -0.39 is 27.3 Å². The Morgan fingerprint density at radius 3 is 2.38 bits per heavy atom. The summed E-state index contributed by atoms with van der Waals surface area (Å²) in [6.45, 7) is 0.122. The Kier molecular flexibility index (Phi) is 7.93. The number of nitrogens with zero attached hydrogens (tertiary/aromatic N) is 1. The van der Waals surface area contributed by atoms with Crippen LogP contribution in [0.5, 0.6) is 5.75 Å². The van der Waals surface area contributed by atoms with E-state index >= 15 is 0 Å². The van der Waals surface area contributed by atoms with E-state index in [1.54, 1.807) is 12.1 Å². The van der Waals surface area contributed by atoms with Gasteiger partial charge in [0.05, 0.1) is 16.9 Å². The number of rotatable bonds is 10. The first kappa shape index (κ1) is 22.6. The minimum absolute atomic E-state index is 0.0685. The van der Waals surface area contributed by atoms with Crippen molar-refractivity contribution in [2.45, 2.75) is 16.1 Å². The zero-order valence-electron chi connectivity index (χ0n) is 15.1. The number of nitro groups is 1. The quantitative estimate of drug-likeness (QED) is 0.195. The van der Waals surface area contributed by atoms with Gasteiger partial charge in [-0.15, -0.1) is 11.8 Å². The van der Waals surface area contributed by atoms with Gasteiger partial charge in [-0.3, -0.25) is 10.1 Å². The van der Waals surface area contributed by atoms with Crippen molar-refractivity contribution in [1.82, 2.24) is 4.72 Å². The molecule has 2 aromatic rings. The average molecular weight is 444 g/mol. The molecule has 1 N–H and O–H groups in total. The van der Waals surface area contributed by atoms with Crippen molar-refractivity contribution in [2.24, 2.45) is 0 Å². The highest BCUT2D eigenvalue weighted by Gasteiger charge is 2.19. The van der Waals surface area contributed by atoms with Crippen molar-refractivity contribution >= 4 is 33.4 Å². The van der Waals surface area contributed by atoms with E-state index in [4.69, 9.17) is 4.74 Å². The smallest absolute Gasteiger partial charge is 0.380 e. The molecule has 0 amide bonds. The van der Waals surface area contributed by atoms with Gasteiger partial charge in [0.15, 0.2) is 0 Å². The van der Waals surface area contributed by atoms with E-state index in [1.165, 1.54) is 36.0 Å². The summed E-state index contributed by atoms with van der Waals surface area (Å²) in [6, 6.07) is 10.8. The fourth-order valence-corrected chi connectivity index (χ4v) is 3.98. The van der Waals surface area contributed by atoms with Crippen molar-refractivity contribution in [1.29, 1.82) is 0 Å². The Morgan fingerprint density at radius 2 is 1.83 bits per heavy atom. The fraction of sp³-hybridized carbons (Fsp3) is 0.235. The maximum atomic E-state index is 13.3. The number of non-ortho nitro benzene ring substituents is 1. The van der Waals surface area contributed by atoms with E-state index in [0.717, 1.165) is 24.1 Å². The lowest BCUT2D eigenvalue weighted by atomic mass is 10.3. The second-order valence-corrected chi connectivity index (χ2v) is 8.36. The first-order valence-corrected chi connectivity index (χ1v) is 10.6. The lowest BCUT2D eigenvalue weighted by Gasteiger charge is -2.10. The molecule has 0 saturated carbocycles. The Labute approximate surface area is 170 Å². The summed E-state index contributed by atoms with van der Waals surface area (Å²) >= 11 is 1.34. The molecule has 0 fully saturated rings. The highest BCUT2D eigenvalue weighted by molar-refractivity contribution is 7.99. The van der Waals surface area contributed by atoms with Gasteiger partial charge in [-0.25, -0.2) is 17.9 Å². The number of thioether (sulfide) groups is 1.